The van der Waals surface area contributed by atoms with Crippen LogP contribution in [0.3, 0.4) is 0 Å². The van der Waals surface area contributed by atoms with Crippen molar-refractivity contribution < 1.29 is 19.0 Å². The van der Waals surface area contributed by atoms with Crippen LogP contribution in [0.4, 0.5) is 0 Å². The summed E-state index contributed by atoms with van der Waals surface area (Å²) in [5.41, 5.74) is 3.16. The van der Waals surface area contributed by atoms with E-state index in [1.807, 2.05) is 41.8 Å². The summed E-state index contributed by atoms with van der Waals surface area (Å²) >= 11 is 1.51. The molecule has 0 aliphatic rings. The Kier molecular flexibility index (Phi) is 5.99. The highest BCUT2D eigenvalue weighted by atomic mass is 32.1. The highest BCUT2D eigenvalue weighted by molar-refractivity contribution is 7.13. The van der Waals surface area contributed by atoms with E-state index in [9.17, 15) is 4.79 Å². The number of hydrogen-bond donors (Lipinski definition) is 0. The van der Waals surface area contributed by atoms with E-state index in [1.165, 1.54) is 11.3 Å². The fraction of sp³-hybridized carbons (Fsp3) is 0.200. The van der Waals surface area contributed by atoms with E-state index in [2.05, 4.69) is 4.98 Å². The number of esters is 1. The Morgan fingerprint density at radius 3 is 2.62 bits per heavy atom. The largest absolute Gasteiger partial charge is 0.497 e. The Hall–Kier alpha value is -2.70. The zero-order chi connectivity index (χ0) is 18.4. The zero-order valence-corrected chi connectivity index (χ0v) is 15.4. The van der Waals surface area contributed by atoms with Gasteiger partial charge in [-0.3, -0.25) is 0 Å². The molecule has 3 aromatic rings. The lowest BCUT2D eigenvalue weighted by molar-refractivity contribution is 0.0468. The van der Waals surface area contributed by atoms with Crippen LogP contribution in [0.5, 0.6) is 5.75 Å². The number of methoxy groups -OCH3 is 2. The molecule has 1 heterocycles. The van der Waals surface area contributed by atoms with E-state index in [0.717, 1.165) is 27.6 Å². The van der Waals surface area contributed by atoms with Crippen molar-refractivity contribution in [2.45, 2.75) is 13.2 Å². The van der Waals surface area contributed by atoms with Crippen molar-refractivity contribution in [3.05, 3.63) is 70.7 Å². The lowest BCUT2D eigenvalue weighted by Gasteiger charge is -2.05. The highest BCUT2D eigenvalue weighted by Crippen LogP contribution is 2.26. The van der Waals surface area contributed by atoms with Crippen molar-refractivity contribution in [2.24, 2.45) is 0 Å². The topological polar surface area (TPSA) is 57.7 Å². The van der Waals surface area contributed by atoms with Crippen LogP contribution >= 0.6 is 11.3 Å². The van der Waals surface area contributed by atoms with Crippen molar-refractivity contribution in [2.75, 3.05) is 14.2 Å². The molecule has 6 heteroatoms. The maximum atomic E-state index is 12.2. The molecule has 0 aliphatic heterocycles. The Morgan fingerprint density at radius 1 is 1.08 bits per heavy atom. The average molecular weight is 369 g/mol. The first kappa shape index (κ1) is 18.1. The number of carbonyl (C=O) groups is 1. The first-order valence-corrected chi connectivity index (χ1v) is 8.91. The van der Waals surface area contributed by atoms with Crippen molar-refractivity contribution >= 4 is 17.3 Å². The molecule has 0 saturated carbocycles. The summed E-state index contributed by atoms with van der Waals surface area (Å²) in [5.74, 6) is 0.428. The van der Waals surface area contributed by atoms with Gasteiger partial charge in [0.05, 0.1) is 25.0 Å². The predicted molar refractivity (Wildman–Crippen MR) is 100 cm³/mol. The second-order valence-corrected chi connectivity index (χ2v) is 6.44. The molecule has 0 atom stereocenters. The lowest BCUT2D eigenvalue weighted by atomic mass is 10.1. The van der Waals surface area contributed by atoms with Crippen LogP contribution < -0.4 is 4.74 Å². The maximum Gasteiger partial charge on any atom is 0.338 e. The van der Waals surface area contributed by atoms with E-state index in [1.54, 1.807) is 26.4 Å². The SMILES string of the molecule is COCc1cccc(C(=O)OCc2csc(-c3ccc(OC)cc3)n2)c1. The molecule has 5 nitrogen and oxygen atoms in total. The number of thiazole rings is 1. The minimum atomic E-state index is -0.373. The number of aromatic nitrogens is 1. The number of benzene rings is 2. The van der Waals surface area contributed by atoms with Crippen LogP contribution in [0.2, 0.25) is 0 Å². The van der Waals surface area contributed by atoms with Crippen LogP contribution in [0, 0.1) is 0 Å². The first-order chi connectivity index (χ1) is 12.7. The second-order valence-electron chi connectivity index (χ2n) is 5.58. The van der Waals surface area contributed by atoms with E-state index in [4.69, 9.17) is 14.2 Å². The van der Waals surface area contributed by atoms with Crippen LogP contribution in [-0.2, 0) is 22.7 Å². The molecule has 0 fully saturated rings. The fourth-order valence-corrected chi connectivity index (χ4v) is 3.23. The summed E-state index contributed by atoms with van der Waals surface area (Å²) in [7, 11) is 3.25. The molecule has 0 radical (unpaired) electrons. The fourth-order valence-electron chi connectivity index (χ4n) is 2.42. The minimum absolute atomic E-state index is 0.139. The molecular weight excluding hydrogens is 350 g/mol. The van der Waals surface area contributed by atoms with Gasteiger partial charge in [0.1, 0.15) is 17.4 Å². The van der Waals surface area contributed by atoms with E-state index in [-0.39, 0.29) is 12.6 Å². The van der Waals surface area contributed by atoms with Crippen molar-refractivity contribution in [1.29, 1.82) is 0 Å². The molecule has 0 N–H and O–H groups in total. The molecule has 26 heavy (non-hydrogen) atoms. The molecule has 1 aromatic heterocycles. The van der Waals surface area contributed by atoms with Gasteiger partial charge in [-0.15, -0.1) is 11.3 Å². The molecular formula is C20H19NO4S. The Balaban J connectivity index is 1.62. The van der Waals surface area contributed by atoms with Gasteiger partial charge in [-0.25, -0.2) is 9.78 Å². The van der Waals surface area contributed by atoms with E-state index < -0.39 is 0 Å². The smallest absolute Gasteiger partial charge is 0.338 e. The molecule has 0 aliphatic carbocycles. The first-order valence-electron chi connectivity index (χ1n) is 8.03. The summed E-state index contributed by atoms with van der Waals surface area (Å²) in [6, 6.07) is 14.9. The van der Waals surface area contributed by atoms with Gasteiger partial charge in [-0.2, -0.15) is 0 Å². The molecule has 0 unspecified atom stereocenters. The van der Waals surface area contributed by atoms with Gasteiger partial charge in [0.25, 0.3) is 0 Å². The molecule has 0 saturated heterocycles. The normalized spacial score (nSPS) is 10.5. The van der Waals surface area contributed by atoms with E-state index >= 15 is 0 Å². The van der Waals surface area contributed by atoms with Gasteiger partial charge in [0.15, 0.2) is 0 Å². The summed E-state index contributed by atoms with van der Waals surface area (Å²) < 4.78 is 15.6. The van der Waals surface area contributed by atoms with Gasteiger partial charge in [-0.1, -0.05) is 12.1 Å². The number of carbonyl (C=O) groups excluding carboxylic acids is 1. The minimum Gasteiger partial charge on any atom is -0.497 e. The summed E-state index contributed by atoms with van der Waals surface area (Å²) in [5, 5.41) is 2.77. The highest BCUT2D eigenvalue weighted by Gasteiger charge is 2.11. The van der Waals surface area contributed by atoms with E-state index in [0.29, 0.717) is 12.2 Å². The van der Waals surface area contributed by atoms with Crippen molar-refractivity contribution in [3.8, 4) is 16.3 Å². The van der Waals surface area contributed by atoms with Gasteiger partial charge < -0.3 is 14.2 Å². The summed E-state index contributed by atoms with van der Waals surface area (Å²) in [6.45, 7) is 0.596. The maximum absolute atomic E-state index is 12.2. The van der Waals surface area contributed by atoms with Gasteiger partial charge in [0.2, 0.25) is 0 Å². The number of nitrogens with zero attached hydrogens (tertiary/aromatic N) is 1. The van der Waals surface area contributed by atoms with Crippen LogP contribution in [0.25, 0.3) is 10.6 Å². The van der Waals surface area contributed by atoms with Crippen molar-refractivity contribution in [3.63, 3.8) is 0 Å². The summed E-state index contributed by atoms with van der Waals surface area (Å²) in [4.78, 5) is 16.7. The molecule has 0 spiro atoms. The molecule has 0 amide bonds. The molecule has 3 rings (SSSR count). The number of ether oxygens (including phenoxy) is 3. The van der Waals surface area contributed by atoms with Gasteiger partial charge in [-0.05, 0) is 42.0 Å². The van der Waals surface area contributed by atoms with Crippen LogP contribution in [-0.4, -0.2) is 25.2 Å². The third-order valence-corrected chi connectivity index (χ3v) is 4.65. The Bertz CT molecular complexity index is 874. The monoisotopic (exact) mass is 369 g/mol. The summed E-state index contributed by atoms with van der Waals surface area (Å²) in [6.07, 6.45) is 0. The Morgan fingerprint density at radius 2 is 1.88 bits per heavy atom. The zero-order valence-electron chi connectivity index (χ0n) is 14.6. The second kappa shape index (κ2) is 8.60. The van der Waals surface area contributed by atoms with Crippen LogP contribution in [0.1, 0.15) is 21.6 Å². The van der Waals surface area contributed by atoms with Gasteiger partial charge in [0, 0.05) is 18.1 Å². The number of hydrogen-bond acceptors (Lipinski definition) is 6. The Labute approximate surface area is 156 Å². The molecule has 134 valence electrons. The average Bonchev–Trinajstić information content (AvgIpc) is 3.16. The van der Waals surface area contributed by atoms with Crippen LogP contribution in [0.15, 0.2) is 53.9 Å². The van der Waals surface area contributed by atoms with Crippen molar-refractivity contribution in [1.82, 2.24) is 4.98 Å². The standard InChI is InChI=1S/C20H19NO4S/c1-23-11-14-4-3-5-16(10-14)20(22)25-12-17-13-26-19(21-17)15-6-8-18(24-2)9-7-15/h3-10,13H,11-12H2,1-2H3. The third-order valence-electron chi connectivity index (χ3n) is 3.71. The predicted octanol–water partition coefficient (Wildman–Crippen LogP) is 4.32. The quantitative estimate of drug-likeness (QED) is 0.581. The lowest BCUT2D eigenvalue weighted by Crippen LogP contribution is -2.06. The molecule has 2 aromatic carbocycles. The third kappa shape index (κ3) is 4.47. The number of rotatable bonds is 7. The molecule has 0 bridgehead atoms. The van der Waals surface area contributed by atoms with Gasteiger partial charge >= 0.3 is 5.97 Å².